The van der Waals surface area contributed by atoms with Crippen molar-refractivity contribution < 1.29 is 9.21 Å². The molecule has 10 nitrogen and oxygen atoms in total. The summed E-state index contributed by atoms with van der Waals surface area (Å²) >= 11 is 0. The van der Waals surface area contributed by atoms with E-state index in [9.17, 15) is 9.59 Å². The van der Waals surface area contributed by atoms with E-state index in [4.69, 9.17) is 4.42 Å². The third kappa shape index (κ3) is 3.57. The molecule has 0 bridgehead atoms. The molecule has 172 valence electrons. The number of furan rings is 1. The fraction of sp³-hybridized carbons (Fsp3) is 0.0800. The fourth-order valence-corrected chi connectivity index (χ4v) is 3.90. The number of nitrogens with one attached hydrogen (secondary N) is 2. The zero-order valence-corrected chi connectivity index (χ0v) is 18.8. The van der Waals surface area contributed by atoms with Gasteiger partial charge in [-0.25, -0.2) is 4.68 Å². The highest BCUT2D eigenvalue weighted by Crippen LogP contribution is 2.22. The van der Waals surface area contributed by atoms with Crippen LogP contribution in [0.4, 0.5) is 5.82 Å². The molecule has 4 heterocycles. The number of rotatable bonds is 4. The van der Waals surface area contributed by atoms with Crippen molar-refractivity contribution in [2.24, 2.45) is 0 Å². The van der Waals surface area contributed by atoms with Crippen molar-refractivity contribution in [1.82, 2.24) is 29.5 Å². The Morgan fingerprint density at radius 3 is 2.63 bits per heavy atom. The van der Waals surface area contributed by atoms with Gasteiger partial charge < -0.3 is 9.73 Å². The number of para-hydroxylation sites is 1. The molecule has 6 rings (SSSR count). The summed E-state index contributed by atoms with van der Waals surface area (Å²) in [6, 6.07) is 18.4. The molecule has 0 aliphatic carbocycles. The average molecular weight is 465 g/mol. The van der Waals surface area contributed by atoms with Crippen LogP contribution in [-0.2, 0) is 0 Å². The van der Waals surface area contributed by atoms with Crippen molar-refractivity contribution in [3.63, 3.8) is 0 Å². The third-order valence-electron chi connectivity index (χ3n) is 5.63. The van der Waals surface area contributed by atoms with Gasteiger partial charge in [0, 0.05) is 11.5 Å². The van der Waals surface area contributed by atoms with Gasteiger partial charge in [0.05, 0.1) is 17.6 Å². The van der Waals surface area contributed by atoms with Crippen LogP contribution in [-0.4, -0.2) is 35.4 Å². The second-order valence-corrected chi connectivity index (χ2v) is 8.20. The molecular weight excluding hydrogens is 446 g/mol. The van der Waals surface area contributed by atoms with Gasteiger partial charge in [0.15, 0.2) is 11.4 Å². The lowest BCUT2D eigenvalue weighted by Gasteiger charge is -2.08. The topological polar surface area (TPSA) is 124 Å². The zero-order valence-electron chi connectivity index (χ0n) is 18.8. The summed E-state index contributed by atoms with van der Waals surface area (Å²) < 4.78 is 8.64. The molecule has 0 unspecified atom stereocenters. The number of carbonyl (C=O) groups is 1. The van der Waals surface area contributed by atoms with Gasteiger partial charge in [0.25, 0.3) is 11.5 Å². The van der Waals surface area contributed by atoms with Crippen LogP contribution in [0, 0.1) is 13.8 Å². The molecule has 0 atom stereocenters. The van der Waals surface area contributed by atoms with E-state index in [0.717, 1.165) is 16.6 Å². The predicted molar refractivity (Wildman–Crippen MR) is 130 cm³/mol. The smallest absolute Gasteiger partial charge is 0.292 e. The van der Waals surface area contributed by atoms with E-state index in [2.05, 4.69) is 25.5 Å². The summed E-state index contributed by atoms with van der Waals surface area (Å²) in [4.78, 5) is 33.1. The molecule has 0 saturated carbocycles. The Labute approximate surface area is 197 Å². The van der Waals surface area contributed by atoms with Crippen LogP contribution in [0.5, 0.6) is 0 Å². The Balaban J connectivity index is 1.41. The van der Waals surface area contributed by atoms with E-state index in [-0.39, 0.29) is 17.3 Å². The van der Waals surface area contributed by atoms with Gasteiger partial charge in [-0.2, -0.15) is 19.9 Å². The van der Waals surface area contributed by atoms with E-state index in [1.165, 1.54) is 10.9 Å². The normalized spacial score (nSPS) is 11.4. The van der Waals surface area contributed by atoms with Crippen molar-refractivity contribution in [1.29, 1.82) is 0 Å². The van der Waals surface area contributed by atoms with Gasteiger partial charge >= 0.3 is 0 Å². The van der Waals surface area contributed by atoms with Crippen molar-refractivity contribution >= 4 is 33.7 Å². The Bertz CT molecular complexity index is 1750. The van der Waals surface area contributed by atoms with Crippen molar-refractivity contribution in [3.05, 3.63) is 94.2 Å². The van der Waals surface area contributed by atoms with Crippen molar-refractivity contribution in [2.45, 2.75) is 13.8 Å². The molecule has 0 spiro atoms. The van der Waals surface area contributed by atoms with E-state index < -0.39 is 5.91 Å². The van der Waals surface area contributed by atoms with Gasteiger partial charge in [-0.15, -0.1) is 0 Å². The van der Waals surface area contributed by atoms with Crippen LogP contribution in [0.1, 0.15) is 21.8 Å². The number of hydrogen-bond acceptors (Lipinski definition) is 6. The highest BCUT2D eigenvalue weighted by Gasteiger charge is 2.19. The molecule has 0 radical (unpaired) electrons. The summed E-state index contributed by atoms with van der Waals surface area (Å²) in [6.07, 6.45) is 1.48. The predicted octanol–water partition coefficient (Wildman–Crippen LogP) is 3.91. The molecule has 0 saturated heterocycles. The first kappa shape index (κ1) is 20.6. The molecule has 0 aliphatic rings. The van der Waals surface area contributed by atoms with E-state index >= 15 is 0 Å². The Kier molecular flexibility index (Phi) is 4.59. The fourth-order valence-electron chi connectivity index (χ4n) is 3.90. The maximum absolute atomic E-state index is 12.9. The number of aromatic nitrogens is 6. The second kappa shape index (κ2) is 7.80. The summed E-state index contributed by atoms with van der Waals surface area (Å²) in [5, 5.41) is 12.7. The van der Waals surface area contributed by atoms with Crippen LogP contribution in [0.3, 0.4) is 0 Å². The summed E-state index contributed by atoms with van der Waals surface area (Å²) in [6.45, 7) is 3.77. The maximum atomic E-state index is 12.9. The number of hydrogen-bond donors (Lipinski definition) is 2. The first-order valence-corrected chi connectivity index (χ1v) is 10.9. The molecule has 35 heavy (non-hydrogen) atoms. The molecule has 0 aliphatic heterocycles. The van der Waals surface area contributed by atoms with Crippen molar-refractivity contribution in [2.75, 3.05) is 5.32 Å². The number of aromatic amines is 1. The van der Waals surface area contributed by atoms with Crippen LogP contribution in [0.15, 0.2) is 76.1 Å². The van der Waals surface area contributed by atoms with Crippen LogP contribution < -0.4 is 10.9 Å². The molecule has 2 N–H and O–H groups in total. The highest BCUT2D eigenvalue weighted by atomic mass is 16.3. The minimum absolute atomic E-state index is 0.143. The standard InChI is InChI=1S/C25H19N7O3/c1-14-7-9-17(10-8-14)31-22-18(13-26-31)23(33)29-25(28-22)32-21(11-15(2)30-32)27-24(34)20-12-16-5-3-4-6-19(16)35-20/h3-13H,1-2H3,(H,27,34)(H,28,29,33). The summed E-state index contributed by atoms with van der Waals surface area (Å²) in [7, 11) is 0. The van der Waals surface area contributed by atoms with Gasteiger partial charge in [-0.05, 0) is 38.1 Å². The van der Waals surface area contributed by atoms with Crippen LogP contribution in [0.2, 0.25) is 0 Å². The Hall–Kier alpha value is -4.99. The second-order valence-electron chi connectivity index (χ2n) is 8.20. The van der Waals surface area contributed by atoms with Crippen LogP contribution in [0.25, 0.3) is 33.6 Å². The number of carbonyl (C=O) groups excluding carboxylic acids is 1. The SMILES string of the molecule is Cc1ccc(-n2ncc3c(=O)[nH]c(-n4nc(C)cc4NC(=O)c4cc5ccccc5o4)nc32)cc1. The third-order valence-corrected chi connectivity index (χ3v) is 5.63. The number of fused-ring (bicyclic) bond motifs is 2. The molecule has 4 aromatic heterocycles. The van der Waals surface area contributed by atoms with Gasteiger partial charge in [0.2, 0.25) is 5.95 Å². The molecular formula is C25H19N7O3. The number of H-pyrrole nitrogens is 1. The quantitative estimate of drug-likeness (QED) is 0.407. The van der Waals surface area contributed by atoms with Crippen molar-refractivity contribution in [3.8, 4) is 11.6 Å². The number of amides is 1. The lowest BCUT2D eigenvalue weighted by Crippen LogP contribution is -2.19. The van der Waals surface area contributed by atoms with Gasteiger partial charge in [-0.3, -0.25) is 14.6 Å². The maximum Gasteiger partial charge on any atom is 0.292 e. The molecule has 0 fully saturated rings. The number of benzene rings is 2. The van der Waals surface area contributed by atoms with E-state index in [0.29, 0.717) is 28.1 Å². The van der Waals surface area contributed by atoms with Gasteiger partial charge in [-0.1, -0.05) is 35.9 Å². The summed E-state index contributed by atoms with van der Waals surface area (Å²) in [5.41, 5.74) is 3.11. The average Bonchev–Trinajstić information content (AvgIpc) is 3.56. The van der Waals surface area contributed by atoms with E-state index in [1.54, 1.807) is 29.8 Å². The minimum Gasteiger partial charge on any atom is -0.451 e. The molecule has 10 heteroatoms. The largest absolute Gasteiger partial charge is 0.451 e. The lowest BCUT2D eigenvalue weighted by molar-refractivity contribution is 0.0998. The Morgan fingerprint density at radius 1 is 1.03 bits per heavy atom. The van der Waals surface area contributed by atoms with E-state index in [1.807, 2.05) is 49.4 Å². The first-order valence-electron chi connectivity index (χ1n) is 10.9. The highest BCUT2D eigenvalue weighted by molar-refractivity contribution is 6.04. The Morgan fingerprint density at radius 2 is 1.83 bits per heavy atom. The molecule has 2 aromatic carbocycles. The lowest BCUT2D eigenvalue weighted by atomic mass is 10.2. The molecule has 6 aromatic rings. The van der Waals surface area contributed by atoms with Crippen LogP contribution >= 0.6 is 0 Å². The van der Waals surface area contributed by atoms with Gasteiger partial charge in [0.1, 0.15) is 16.8 Å². The summed E-state index contributed by atoms with van der Waals surface area (Å²) in [5.74, 6) is 0.183. The monoisotopic (exact) mass is 465 g/mol. The number of aryl methyl sites for hydroxylation is 2. The minimum atomic E-state index is -0.449. The zero-order chi connectivity index (χ0) is 24.1. The number of nitrogens with zero attached hydrogens (tertiary/aromatic N) is 5. The number of anilines is 1. The first-order chi connectivity index (χ1) is 17.0. The molecule has 1 amide bonds.